The third-order valence-corrected chi connectivity index (χ3v) is 13.6. The summed E-state index contributed by atoms with van der Waals surface area (Å²) in [4.78, 5) is 77.4. The number of hydrazine groups is 1. The number of alkyl halides is 1. The molecule has 0 spiro atoms. The normalized spacial score (nSPS) is 22.2. The zero-order chi connectivity index (χ0) is 50.5. The fraction of sp³-hybridized carbons (Fsp3) is 0.509. The van der Waals surface area contributed by atoms with Crippen LogP contribution in [0.1, 0.15) is 90.1 Å². The monoisotopic (exact) mass is 952 g/mol. The van der Waals surface area contributed by atoms with Gasteiger partial charge in [-0.15, -0.1) is 0 Å². The van der Waals surface area contributed by atoms with Gasteiger partial charge in [0.1, 0.15) is 18.8 Å². The number of fused-ring (bicyclic) bond motifs is 6. The van der Waals surface area contributed by atoms with E-state index in [1.54, 1.807) is 57.3 Å². The molecular formula is C53H70FN7O8. The number of hydrogen-bond acceptors (Lipinski definition) is 10. The predicted molar refractivity (Wildman–Crippen MR) is 265 cm³/mol. The van der Waals surface area contributed by atoms with E-state index in [-0.39, 0.29) is 50.8 Å². The maximum atomic E-state index is 15.0. The van der Waals surface area contributed by atoms with E-state index >= 15 is 0 Å². The summed E-state index contributed by atoms with van der Waals surface area (Å²) in [7, 11) is 3.17. The average Bonchev–Trinajstić information content (AvgIpc) is 3.94. The van der Waals surface area contributed by atoms with E-state index in [4.69, 9.17) is 14.5 Å². The van der Waals surface area contributed by atoms with Crippen molar-refractivity contribution in [2.24, 2.45) is 22.2 Å². The van der Waals surface area contributed by atoms with Crippen molar-refractivity contribution in [1.29, 1.82) is 0 Å². The zero-order valence-corrected chi connectivity index (χ0v) is 41.7. The maximum absolute atomic E-state index is 15.0. The van der Waals surface area contributed by atoms with Gasteiger partial charge in [0.05, 0.1) is 30.0 Å². The Morgan fingerprint density at radius 2 is 1.84 bits per heavy atom. The number of benzene rings is 2. The number of aryl methyl sites for hydroxylation is 1. The van der Waals surface area contributed by atoms with Gasteiger partial charge >= 0.3 is 5.97 Å². The molecule has 69 heavy (non-hydrogen) atoms. The molecule has 4 heterocycles. The lowest BCUT2D eigenvalue weighted by atomic mass is 9.84. The Hall–Kier alpha value is -5.97. The van der Waals surface area contributed by atoms with Crippen molar-refractivity contribution in [2.75, 3.05) is 40.4 Å². The highest BCUT2D eigenvalue weighted by molar-refractivity contribution is 5.96. The Morgan fingerprint density at radius 3 is 2.48 bits per heavy atom. The molecule has 16 heteroatoms. The van der Waals surface area contributed by atoms with Gasteiger partial charge < -0.3 is 34.3 Å². The lowest BCUT2D eigenvalue weighted by molar-refractivity contribution is -0.189. The predicted octanol–water partition coefficient (Wildman–Crippen LogP) is 6.31. The van der Waals surface area contributed by atoms with Crippen molar-refractivity contribution in [3.8, 4) is 11.1 Å². The van der Waals surface area contributed by atoms with Crippen molar-refractivity contribution >= 4 is 52.3 Å². The number of halogens is 1. The maximum Gasteiger partial charge on any atom is 0.355 e. The smallest absolute Gasteiger partial charge is 0.355 e. The first kappa shape index (κ1) is 52.4. The Kier molecular flexibility index (Phi) is 16.5. The molecule has 6 rings (SSSR count). The molecule has 2 aromatic carbocycles. The van der Waals surface area contributed by atoms with Crippen LogP contribution in [0, 0.1) is 17.3 Å². The van der Waals surface area contributed by atoms with E-state index in [0.29, 0.717) is 48.3 Å². The molecule has 372 valence electrons. The van der Waals surface area contributed by atoms with E-state index in [0.717, 1.165) is 38.3 Å². The lowest BCUT2D eigenvalue weighted by Gasteiger charge is -2.40. The summed E-state index contributed by atoms with van der Waals surface area (Å²) in [5.74, 6) is -3.77. The van der Waals surface area contributed by atoms with Gasteiger partial charge in [0.15, 0.2) is 0 Å². The summed E-state index contributed by atoms with van der Waals surface area (Å²) in [5, 5.41) is 16.9. The first-order valence-corrected chi connectivity index (χ1v) is 23.9. The number of nitrogens with one attached hydrogen (secondary N) is 2. The molecular weight excluding hydrogens is 882 g/mol. The number of esters is 1. The van der Waals surface area contributed by atoms with Crippen molar-refractivity contribution in [3.63, 3.8) is 0 Å². The van der Waals surface area contributed by atoms with Crippen LogP contribution in [-0.2, 0) is 59.5 Å². The minimum atomic E-state index is -2.29. The molecule has 3 N–H and O–H groups in total. The molecule has 0 unspecified atom stereocenters. The second-order valence-corrected chi connectivity index (χ2v) is 19.6. The summed E-state index contributed by atoms with van der Waals surface area (Å²) < 4.78 is 29.0. The van der Waals surface area contributed by atoms with E-state index in [1.807, 2.05) is 45.9 Å². The molecule has 3 aliphatic heterocycles. The van der Waals surface area contributed by atoms with Crippen LogP contribution < -0.4 is 10.7 Å². The number of aliphatic hydroxyl groups is 1. The Morgan fingerprint density at radius 1 is 1.10 bits per heavy atom. The number of amides is 4. The molecule has 3 aromatic rings. The van der Waals surface area contributed by atoms with E-state index < -0.39 is 65.6 Å². The summed E-state index contributed by atoms with van der Waals surface area (Å²) >= 11 is 0. The van der Waals surface area contributed by atoms with E-state index in [1.165, 1.54) is 11.0 Å². The van der Waals surface area contributed by atoms with E-state index in [2.05, 4.69) is 41.5 Å². The molecule has 0 radical (unpaired) electrons. The quantitative estimate of drug-likeness (QED) is 0.0769. The Labute approximate surface area is 405 Å². The number of aliphatic imine (C=N–C) groups is 1. The SMILES string of the molecule is C=CC(=O)N1CC[C@H](C(=O)N(C)[C@H](C(=O)N[C@H]2Cc3cc(CF)cc(c3)-c3ccc4c(c3)c(c(/C(C=C)=C(/N=C\C)[C@H](C)OC)n4CC)CC(C)(C)COC(=O)[C@@]3(O)CCCN(N3)C2=O)C(C)C)C1. The van der Waals surface area contributed by atoms with Gasteiger partial charge in [0.25, 0.3) is 5.91 Å². The molecule has 0 aliphatic carbocycles. The van der Waals surface area contributed by atoms with Gasteiger partial charge in [-0.3, -0.25) is 29.2 Å². The summed E-state index contributed by atoms with van der Waals surface area (Å²) in [6.45, 7) is 21.5. The first-order valence-electron chi connectivity index (χ1n) is 23.9. The molecule has 2 fully saturated rings. The highest BCUT2D eigenvalue weighted by Crippen LogP contribution is 2.41. The second kappa shape index (κ2) is 21.8. The number of methoxy groups -OCH3 is 1. The Balaban J connectivity index is 1.50. The summed E-state index contributed by atoms with van der Waals surface area (Å²) in [6.07, 6.45) is 5.19. The van der Waals surface area contributed by atoms with Crippen LogP contribution in [-0.4, -0.2) is 125 Å². The molecule has 2 saturated heterocycles. The number of nitrogens with zero attached hydrogens (tertiary/aromatic N) is 5. The molecule has 0 saturated carbocycles. The van der Waals surface area contributed by atoms with Crippen LogP contribution in [0.5, 0.6) is 0 Å². The number of carbonyl (C=O) groups is 5. The minimum absolute atomic E-state index is 0.0584. The van der Waals surface area contributed by atoms with Crippen LogP contribution in [0.3, 0.4) is 0 Å². The minimum Gasteiger partial charge on any atom is -0.462 e. The average molecular weight is 952 g/mol. The van der Waals surface area contributed by atoms with Crippen molar-refractivity contribution in [3.05, 3.63) is 89.8 Å². The number of allylic oxidation sites excluding steroid dienone is 2. The number of likely N-dealkylation sites (tertiary alicyclic amines) is 1. The van der Waals surface area contributed by atoms with Gasteiger partial charge in [0.2, 0.25) is 23.4 Å². The highest BCUT2D eigenvalue weighted by atomic mass is 19.1. The first-order chi connectivity index (χ1) is 32.7. The molecule has 6 bridgehead atoms. The van der Waals surface area contributed by atoms with Crippen molar-refractivity contribution in [2.45, 2.75) is 118 Å². The standard InChI is InChI=1S/C53H70FN7O8/c1-12-39(45(55-14-3)33(7)68-11)47-41-28-52(8,9)31-69-51(66)53(67)20-16-21-61(57-53)50(65)42(56-48(63)46(32(5)6)58(10)49(64)37-19-22-59(30-37)44(62)13-2)26-34-23-35(29-54)25-38(24-34)36-17-18-43(40(41)27-36)60(47)15-4/h12-14,17-18,23-25,27,32-33,37,42,46,57,67H,1-2,15-16,19-22,26,28-31H2,3-11H3,(H,56,63)/b45-39+,55-14-/t33-,37-,42-,46-,53-/m0/s1. The lowest BCUT2D eigenvalue weighted by Crippen LogP contribution is -2.67. The molecule has 15 nitrogen and oxygen atoms in total. The summed E-state index contributed by atoms with van der Waals surface area (Å²) in [5.41, 5.74) is 6.28. The fourth-order valence-corrected chi connectivity index (χ4v) is 10.1. The number of ether oxygens (including phenoxy) is 2. The topological polar surface area (TPSA) is 175 Å². The van der Waals surface area contributed by atoms with Crippen molar-refractivity contribution < 1.29 is 42.9 Å². The third kappa shape index (κ3) is 11.1. The summed E-state index contributed by atoms with van der Waals surface area (Å²) in [6, 6.07) is 9.05. The van der Waals surface area contributed by atoms with Crippen LogP contribution in [0.25, 0.3) is 27.6 Å². The number of aromatic nitrogens is 1. The van der Waals surface area contributed by atoms with Gasteiger partial charge in [-0.1, -0.05) is 65.1 Å². The number of carbonyl (C=O) groups excluding carboxylic acids is 5. The number of cyclic esters (lactones) is 1. The second-order valence-electron chi connectivity index (χ2n) is 19.6. The van der Waals surface area contributed by atoms with Gasteiger partial charge in [0, 0.05) is 81.3 Å². The fourth-order valence-electron chi connectivity index (χ4n) is 10.1. The van der Waals surface area contributed by atoms with Crippen LogP contribution >= 0.6 is 0 Å². The molecule has 3 aliphatic rings. The Bertz CT molecular complexity index is 2550. The largest absolute Gasteiger partial charge is 0.462 e. The number of hydrogen-bond donors (Lipinski definition) is 3. The molecule has 4 amide bonds. The van der Waals surface area contributed by atoms with Crippen LogP contribution in [0.4, 0.5) is 4.39 Å². The number of rotatable bonds is 13. The van der Waals surface area contributed by atoms with Crippen LogP contribution in [0.15, 0.2) is 72.4 Å². The zero-order valence-electron chi connectivity index (χ0n) is 41.7. The van der Waals surface area contributed by atoms with E-state index in [9.17, 15) is 33.5 Å². The van der Waals surface area contributed by atoms with Gasteiger partial charge in [-0.25, -0.2) is 9.18 Å². The van der Waals surface area contributed by atoms with Gasteiger partial charge in [-0.2, -0.15) is 5.43 Å². The van der Waals surface area contributed by atoms with Crippen molar-refractivity contribution in [1.82, 2.24) is 30.1 Å². The molecule has 1 aromatic heterocycles. The third-order valence-electron chi connectivity index (χ3n) is 13.6. The van der Waals surface area contributed by atoms with Gasteiger partial charge in [-0.05, 0) is 98.0 Å². The highest BCUT2D eigenvalue weighted by Gasteiger charge is 2.46. The number of likely N-dealkylation sites (N-methyl/N-ethyl adjacent to an activating group) is 1. The van der Waals surface area contributed by atoms with Crippen LogP contribution in [0.2, 0.25) is 0 Å². The molecule has 5 atom stereocenters.